The van der Waals surface area contributed by atoms with Crippen molar-refractivity contribution in [1.29, 1.82) is 0 Å². The van der Waals surface area contributed by atoms with E-state index in [1.165, 1.54) is 32.1 Å². The van der Waals surface area contributed by atoms with E-state index in [1.807, 2.05) is 4.90 Å². The minimum atomic E-state index is -1.16. The van der Waals surface area contributed by atoms with Crippen molar-refractivity contribution in [1.82, 2.24) is 4.90 Å². The van der Waals surface area contributed by atoms with Gasteiger partial charge in [-0.15, -0.1) is 0 Å². The summed E-state index contributed by atoms with van der Waals surface area (Å²) < 4.78 is 0. The monoisotopic (exact) mass is 289 g/mol. The Hall–Kier alpha value is -0.200. The fourth-order valence-corrected chi connectivity index (χ4v) is 2.91. The van der Waals surface area contributed by atoms with Crippen molar-refractivity contribution >= 4 is 0 Å². The summed E-state index contributed by atoms with van der Waals surface area (Å²) in [7, 11) is 0. The molecule has 1 fully saturated rings. The molecule has 1 aliphatic rings. The molecule has 20 heavy (non-hydrogen) atoms. The van der Waals surface area contributed by atoms with Crippen LogP contribution in [0.1, 0.15) is 51.9 Å². The summed E-state index contributed by atoms with van der Waals surface area (Å²) in [5.74, 6) is 0. The molecule has 1 aliphatic heterocycles. The Bertz CT molecular complexity index is 252. The van der Waals surface area contributed by atoms with Gasteiger partial charge in [-0.2, -0.15) is 0 Å². The minimum absolute atomic E-state index is 0.193. The van der Waals surface area contributed by atoms with Crippen molar-refractivity contribution in [2.45, 2.75) is 76.2 Å². The molecule has 5 nitrogen and oxygen atoms in total. The molecule has 1 heterocycles. The molecule has 0 aliphatic carbocycles. The molecule has 0 spiro atoms. The third kappa shape index (κ3) is 5.30. The van der Waals surface area contributed by atoms with Gasteiger partial charge in [0.05, 0.1) is 18.8 Å². The van der Waals surface area contributed by atoms with Crippen LogP contribution in [-0.2, 0) is 0 Å². The van der Waals surface area contributed by atoms with Crippen LogP contribution in [0.3, 0.4) is 0 Å². The maximum absolute atomic E-state index is 9.87. The van der Waals surface area contributed by atoms with Crippen molar-refractivity contribution in [3.63, 3.8) is 0 Å². The summed E-state index contributed by atoms with van der Waals surface area (Å²) in [6, 6.07) is -0.464. The van der Waals surface area contributed by atoms with Gasteiger partial charge in [0.2, 0.25) is 0 Å². The van der Waals surface area contributed by atoms with Crippen LogP contribution in [0.2, 0.25) is 0 Å². The van der Waals surface area contributed by atoms with Crippen LogP contribution in [0.15, 0.2) is 0 Å². The van der Waals surface area contributed by atoms with Crippen LogP contribution >= 0.6 is 0 Å². The summed E-state index contributed by atoms with van der Waals surface area (Å²) in [5, 5.41) is 38.5. The number of piperidine rings is 1. The average Bonchev–Trinajstić information content (AvgIpc) is 2.44. The Morgan fingerprint density at radius 1 is 0.900 bits per heavy atom. The van der Waals surface area contributed by atoms with Crippen LogP contribution in [0, 0.1) is 0 Å². The summed E-state index contributed by atoms with van der Waals surface area (Å²) in [6.45, 7) is 3.08. The maximum atomic E-state index is 9.87. The van der Waals surface area contributed by atoms with E-state index in [0.717, 1.165) is 19.4 Å². The molecule has 0 aromatic carbocycles. The number of aliphatic hydroxyl groups is 4. The predicted molar refractivity (Wildman–Crippen MR) is 78.5 cm³/mol. The van der Waals surface area contributed by atoms with Crippen molar-refractivity contribution in [2.24, 2.45) is 0 Å². The Labute approximate surface area is 122 Å². The maximum Gasteiger partial charge on any atom is 0.109 e. The number of rotatable bonds is 9. The lowest BCUT2D eigenvalue weighted by atomic mass is 9.94. The van der Waals surface area contributed by atoms with E-state index in [4.69, 9.17) is 0 Å². The smallest absolute Gasteiger partial charge is 0.109 e. The highest BCUT2D eigenvalue weighted by molar-refractivity contribution is 4.93. The number of nitrogens with zero attached hydrogens (tertiary/aromatic N) is 1. The summed E-state index contributed by atoms with van der Waals surface area (Å²) in [4.78, 5) is 1.90. The number of hydrogen-bond acceptors (Lipinski definition) is 5. The van der Waals surface area contributed by atoms with Gasteiger partial charge >= 0.3 is 0 Å². The van der Waals surface area contributed by atoms with Crippen molar-refractivity contribution in [3.8, 4) is 0 Å². The third-order valence-corrected chi connectivity index (χ3v) is 4.26. The van der Waals surface area contributed by atoms with Gasteiger partial charge in [-0.05, 0) is 13.0 Å². The predicted octanol–water partition coefficient (Wildman–Crippen LogP) is 0.496. The molecule has 5 heteroatoms. The van der Waals surface area contributed by atoms with Crippen LogP contribution < -0.4 is 0 Å². The normalized spacial score (nSPS) is 31.6. The van der Waals surface area contributed by atoms with Gasteiger partial charge in [-0.25, -0.2) is 0 Å². The SMILES string of the molecule is CCCCCCCCCN1C[C@@H](O)[C@H](O)[C@H](O)[C@H]1CO. The van der Waals surface area contributed by atoms with Crippen LogP contribution in [0.25, 0.3) is 0 Å². The number of aliphatic hydroxyl groups excluding tert-OH is 4. The molecule has 0 radical (unpaired) electrons. The van der Waals surface area contributed by atoms with E-state index in [0.29, 0.717) is 6.54 Å². The molecular weight excluding hydrogens is 258 g/mol. The second-order valence-corrected chi connectivity index (χ2v) is 5.91. The number of β-amino-alcohol motifs (C(OH)–C–C–N with tert-alkyl or cyclic N) is 1. The second-order valence-electron chi connectivity index (χ2n) is 5.91. The highest BCUT2D eigenvalue weighted by atomic mass is 16.4. The zero-order valence-corrected chi connectivity index (χ0v) is 12.6. The van der Waals surface area contributed by atoms with Gasteiger partial charge in [0, 0.05) is 6.54 Å². The first-order chi connectivity index (χ1) is 9.61. The molecule has 120 valence electrons. The summed E-state index contributed by atoms with van der Waals surface area (Å²) in [5.41, 5.74) is 0. The molecule has 0 aromatic heterocycles. The van der Waals surface area contributed by atoms with E-state index in [1.54, 1.807) is 0 Å². The minimum Gasteiger partial charge on any atom is -0.395 e. The first-order valence-electron chi connectivity index (χ1n) is 8.01. The fourth-order valence-electron chi connectivity index (χ4n) is 2.91. The van der Waals surface area contributed by atoms with Gasteiger partial charge in [0.25, 0.3) is 0 Å². The third-order valence-electron chi connectivity index (χ3n) is 4.26. The lowest BCUT2D eigenvalue weighted by molar-refractivity contribution is -0.145. The van der Waals surface area contributed by atoms with Gasteiger partial charge in [0.15, 0.2) is 0 Å². The van der Waals surface area contributed by atoms with Crippen molar-refractivity contribution in [2.75, 3.05) is 19.7 Å². The summed E-state index contributed by atoms with van der Waals surface area (Å²) in [6.07, 6.45) is 5.29. The van der Waals surface area contributed by atoms with Crippen molar-refractivity contribution < 1.29 is 20.4 Å². The Kier molecular flexibility index (Phi) is 8.64. The largest absolute Gasteiger partial charge is 0.395 e. The Balaban J connectivity index is 2.24. The average molecular weight is 289 g/mol. The quantitative estimate of drug-likeness (QED) is 0.465. The van der Waals surface area contributed by atoms with Crippen LogP contribution in [0.5, 0.6) is 0 Å². The highest BCUT2D eigenvalue weighted by Crippen LogP contribution is 2.19. The lowest BCUT2D eigenvalue weighted by Gasteiger charge is -2.43. The first-order valence-corrected chi connectivity index (χ1v) is 8.01. The summed E-state index contributed by atoms with van der Waals surface area (Å²) >= 11 is 0. The topological polar surface area (TPSA) is 84.2 Å². The van der Waals surface area contributed by atoms with Gasteiger partial charge < -0.3 is 20.4 Å². The molecule has 0 amide bonds. The van der Waals surface area contributed by atoms with E-state index < -0.39 is 24.4 Å². The van der Waals surface area contributed by atoms with E-state index in [9.17, 15) is 20.4 Å². The molecule has 1 rings (SSSR count). The van der Waals surface area contributed by atoms with Crippen LogP contribution in [-0.4, -0.2) is 69.4 Å². The molecule has 0 aromatic rings. The second kappa shape index (κ2) is 9.68. The van der Waals surface area contributed by atoms with Crippen molar-refractivity contribution in [3.05, 3.63) is 0 Å². The van der Waals surface area contributed by atoms with Gasteiger partial charge in [-0.3, -0.25) is 4.90 Å². The molecule has 0 saturated carbocycles. The van der Waals surface area contributed by atoms with Crippen LogP contribution in [0.4, 0.5) is 0 Å². The number of likely N-dealkylation sites (tertiary alicyclic amines) is 1. The standard InChI is InChI=1S/C15H31NO4/c1-2-3-4-5-6-7-8-9-16-10-13(18)15(20)14(19)12(16)11-17/h12-15,17-20H,2-11H2,1H3/t12-,13-,14-,15+/m1/s1. The van der Waals surface area contributed by atoms with E-state index in [-0.39, 0.29) is 6.61 Å². The molecule has 0 bridgehead atoms. The first kappa shape index (κ1) is 17.9. The Morgan fingerprint density at radius 2 is 1.50 bits per heavy atom. The highest BCUT2D eigenvalue weighted by Gasteiger charge is 2.40. The lowest BCUT2D eigenvalue weighted by Crippen LogP contribution is -2.62. The zero-order valence-electron chi connectivity index (χ0n) is 12.6. The molecule has 4 atom stereocenters. The number of hydrogen-bond donors (Lipinski definition) is 4. The van der Waals surface area contributed by atoms with Gasteiger partial charge in [-0.1, -0.05) is 45.4 Å². The van der Waals surface area contributed by atoms with E-state index in [2.05, 4.69) is 6.92 Å². The molecule has 4 N–H and O–H groups in total. The fraction of sp³-hybridized carbons (Fsp3) is 1.00. The van der Waals surface area contributed by atoms with Gasteiger partial charge in [0.1, 0.15) is 12.2 Å². The Morgan fingerprint density at radius 3 is 2.10 bits per heavy atom. The zero-order chi connectivity index (χ0) is 15.0. The molecule has 1 saturated heterocycles. The number of unbranched alkanes of at least 4 members (excludes halogenated alkanes) is 6. The molecular formula is C15H31NO4. The van der Waals surface area contributed by atoms with E-state index >= 15 is 0 Å². The molecule has 0 unspecified atom stereocenters.